The normalized spacial score (nSPS) is 21.1. The van der Waals surface area contributed by atoms with Crippen LogP contribution in [0.25, 0.3) is 5.69 Å². The number of hydrogen-bond acceptors (Lipinski definition) is 7. The van der Waals surface area contributed by atoms with Gasteiger partial charge in [0.25, 0.3) is 5.91 Å². The van der Waals surface area contributed by atoms with Crippen LogP contribution in [-0.2, 0) is 5.60 Å². The van der Waals surface area contributed by atoms with Crippen LogP contribution in [0.4, 0.5) is 0 Å². The van der Waals surface area contributed by atoms with Crippen molar-refractivity contribution in [1.29, 1.82) is 0 Å². The number of tetrazole rings is 1. The molecule has 1 fully saturated rings. The maximum absolute atomic E-state index is 13.5. The summed E-state index contributed by atoms with van der Waals surface area (Å²) >= 11 is 0. The van der Waals surface area contributed by atoms with Crippen LogP contribution in [-0.4, -0.2) is 53.7 Å². The van der Waals surface area contributed by atoms with E-state index in [2.05, 4.69) is 27.3 Å². The smallest absolute Gasteiger partial charge is 0.256 e. The zero-order chi connectivity index (χ0) is 22.2. The van der Waals surface area contributed by atoms with Gasteiger partial charge in [-0.2, -0.15) is 0 Å². The lowest BCUT2D eigenvalue weighted by Crippen LogP contribution is -2.45. The molecule has 2 aromatic heterocycles. The summed E-state index contributed by atoms with van der Waals surface area (Å²) in [5, 5.41) is 22.4. The lowest BCUT2D eigenvalue weighted by atomic mass is 9.92. The molecule has 1 aliphatic rings. The SMILES string of the molecule is CCC(C)(O)c1nc([C@@H]2CC[C@@H](C)N(C(=O)c3ccccc3-n3ncnn3)C2)oc1C. The maximum Gasteiger partial charge on any atom is 0.256 e. The van der Waals surface area contributed by atoms with E-state index in [-0.39, 0.29) is 17.9 Å². The third kappa shape index (κ3) is 3.97. The molecule has 9 heteroatoms. The molecule has 1 unspecified atom stereocenters. The van der Waals surface area contributed by atoms with Crippen LogP contribution in [0, 0.1) is 6.92 Å². The minimum absolute atomic E-state index is 0.0306. The molecule has 0 bridgehead atoms. The number of carbonyl (C=O) groups is 1. The zero-order valence-corrected chi connectivity index (χ0v) is 18.3. The Morgan fingerprint density at radius 3 is 2.81 bits per heavy atom. The Balaban J connectivity index is 1.61. The summed E-state index contributed by atoms with van der Waals surface area (Å²) in [6.45, 7) is 8.03. The van der Waals surface area contributed by atoms with Crippen molar-refractivity contribution >= 4 is 5.91 Å². The van der Waals surface area contributed by atoms with Gasteiger partial charge >= 0.3 is 0 Å². The lowest BCUT2D eigenvalue weighted by molar-refractivity contribution is 0.0473. The monoisotopic (exact) mass is 424 g/mol. The number of aliphatic hydroxyl groups is 1. The van der Waals surface area contributed by atoms with Crippen molar-refractivity contribution in [2.75, 3.05) is 6.54 Å². The number of rotatable bonds is 5. The second-order valence-electron chi connectivity index (χ2n) is 8.41. The summed E-state index contributed by atoms with van der Waals surface area (Å²) in [5.41, 5.74) is 0.649. The molecule has 3 aromatic rings. The summed E-state index contributed by atoms with van der Waals surface area (Å²) in [7, 11) is 0. The van der Waals surface area contributed by atoms with Crippen LogP contribution < -0.4 is 0 Å². The third-order valence-corrected chi connectivity index (χ3v) is 6.20. The van der Waals surface area contributed by atoms with Crippen molar-refractivity contribution in [1.82, 2.24) is 30.1 Å². The van der Waals surface area contributed by atoms with Gasteiger partial charge in [-0.05, 0) is 57.4 Å². The molecule has 0 saturated carbocycles. The van der Waals surface area contributed by atoms with Gasteiger partial charge in [0.1, 0.15) is 22.7 Å². The molecule has 31 heavy (non-hydrogen) atoms. The second-order valence-corrected chi connectivity index (χ2v) is 8.41. The Hall–Kier alpha value is -3.07. The van der Waals surface area contributed by atoms with Crippen molar-refractivity contribution in [3.05, 3.63) is 53.5 Å². The van der Waals surface area contributed by atoms with E-state index in [0.29, 0.717) is 41.6 Å². The van der Waals surface area contributed by atoms with Gasteiger partial charge in [-0.3, -0.25) is 4.79 Å². The molecular formula is C22H28N6O3. The first-order valence-corrected chi connectivity index (χ1v) is 10.7. The first-order chi connectivity index (χ1) is 14.8. The first kappa shape index (κ1) is 21.2. The van der Waals surface area contributed by atoms with Gasteiger partial charge < -0.3 is 14.4 Å². The van der Waals surface area contributed by atoms with E-state index in [1.807, 2.05) is 30.9 Å². The summed E-state index contributed by atoms with van der Waals surface area (Å²) in [4.78, 5) is 21.4. The Bertz CT molecular complexity index is 1060. The number of para-hydroxylation sites is 1. The molecule has 0 spiro atoms. The van der Waals surface area contributed by atoms with Crippen LogP contribution in [0.15, 0.2) is 35.0 Å². The van der Waals surface area contributed by atoms with Crippen LogP contribution in [0.3, 0.4) is 0 Å². The van der Waals surface area contributed by atoms with Gasteiger partial charge in [0.15, 0.2) is 12.2 Å². The number of hydrogen-bond donors (Lipinski definition) is 1. The number of benzene rings is 1. The van der Waals surface area contributed by atoms with Gasteiger partial charge in [0.2, 0.25) is 0 Å². The third-order valence-electron chi connectivity index (χ3n) is 6.20. The lowest BCUT2D eigenvalue weighted by Gasteiger charge is -2.37. The molecule has 1 saturated heterocycles. The number of oxazole rings is 1. The highest BCUT2D eigenvalue weighted by Crippen LogP contribution is 2.34. The molecule has 9 nitrogen and oxygen atoms in total. The standard InChI is InChI=1S/C22H28N6O3/c1-5-22(4,30)19-15(3)31-20(25-19)16-11-10-14(2)27(12-16)21(29)17-8-6-7-9-18(17)28-24-13-23-26-28/h6-9,13-14,16,30H,5,10-12H2,1-4H3/t14-,16-,22?/m1/s1. The highest BCUT2D eigenvalue weighted by molar-refractivity contribution is 5.98. The fourth-order valence-electron chi connectivity index (χ4n) is 4.11. The van der Waals surface area contributed by atoms with E-state index in [4.69, 9.17) is 4.42 Å². The number of carbonyl (C=O) groups excluding carboxylic acids is 1. The minimum atomic E-state index is -1.03. The number of aromatic nitrogens is 5. The second kappa shape index (κ2) is 8.22. The molecule has 0 radical (unpaired) electrons. The first-order valence-electron chi connectivity index (χ1n) is 10.7. The van der Waals surface area contributed by atoms with Crippen molar-refractivity contribution in [2.45, 2.75) is 64.5 Å². The average molecular weight is 425 g/mol. The van der Waals surface area contributed by atoms with E-state index in [9.17, 15) is 9.90 Å². The average Bonchev–Trinajstić information content (AvgIpc) is 3.44. The molecule has 1 aliphatic heterocycles. The summed E-state index contributed by atoms with van der Waals surface area (Å²) in [6.07, 6.45) is 3.58. The highest BCUT2D eigenvalue weighted by Gasteiger charge is 2.36. The molecular weight excluding hydrogens is 396 g/mol. The topological polar surface area (TPSA) is 110 Å². The molecule has 164 valence electrons. The van der Waals surface area contributed by atoms with Crippen molar-refractivity contribution in [3.8, 4) is 5.69 Å². The maximum atomic E-state index is 13.5. The fraction of sp³-hybridized carbons (Fsp3) is 0.500. The van der Waals surface area contributed by atoms with Gasteiger partial charge in [-0.15, -0.1) is 15.0 Å². The van der Waals surface area contributed by atoms with E-state index in [1.54, 1.807) is 19.1 Å². The predicted octanol–water partition coefficient (Wildman–Crippen LogP) is 2.98. The van der Waals surface area contributed by atoms with E-state index >= 15 is 0 Å². The molecule has 1 amide bonds. The Morgan fingerprint density at radius 1 is 1.32 bits per heavy atom. The van der Waals surface area contributed by atoms with Crippen LogP contribution in [0.2, 0.25) is 0 Å². The zero-order valence-electron chi connectivity index (χ0n) is 18.3. The van der Waals surface area contributed by atoms with Crippen molar-refractivity contribution < 1.29 is 14.3 Å². The van der Waals surface area contributed by atoms with E-state index in [0.717, 1.165) is 12.8 Å². The molecule has 4 rings (SSSR count). The Labute approximate surface area is 181 Å². The van der Waals surface area contributed by atoms with Crippen molar-refractivity contribution in [2.24, 2.45) is 0 Å². The number of amides is 1. The van der Waals surface area contributed by atoms with E-state index < -0.39 is 5.60 Å². The summed E-state index contributed by atoms with van der Waals surface area (Å²) < 4.78 is 5.95. The molecule has 1 aromatic carbocycles. The fourth-order valence-corrected chi connectivity index (χ4v) is 4.11. The van der Waals surface area contributed by atoms with Gasteiger partial charge in [-0.1, -0.05) is 19.1 Å². The van der Waals surface area contributed by atoms with Crippen molar-refractivity contribution in [3.63, 3.8) is 0 Å². The Kier molecular flexibility index (Phi) is 5.62. The van der Waals surface area contributed by atoms with Crippen LogP contribution in [0.1, 0.15) is 73.7 Å². The highest BCUT2D eigenvalue weighted by atomic mass is 16.4. The number of aryl methyl sites for hydroxylation is 1. The molecule has 3 atom stereocenters. The number of likely N-dealkylation sites (tertiary alicyclic amines) is 1. The Morgan fingerprint density at radius 2 is 2.10 bits per heavy atom. The van der Waals surface area contributed by atoms with Crippen LogP contribution >= 0.6 is 0 Å². The van der Waals surface area contributed by atoms with Gasteiger partial charge in [-0.25, -0.2) is 4.98 Å². The predicted molar refractivity (Wildman–Crippen MR) is 113 cm³/mol. The van der Waals surface area contributed by atoms with E-state index in [1.165, 1.54) is 11.1 Å². The molecule has 3 heterocycles. The van der Waals surface area contributed by atoms with Gasteiger partial charge in [0, 0.05) is 12.6 Å². The van der Waals surface area contributed by atoms with Crippen LogP contribution in [0.5, 0.6) is 0 Å². The van der Waals surface area contributed by atoms with Gasteiger partial charge in [0.05, 0.1) is 11.5 Å². The number of piperidine rings is 1. The summed E-state index contributed by atoms with van der Waals surface area (Å²) in [5.74, 6) is 1.09. The molecule has 1 N–H and O–H groups in total. The minimum Gasteiger partial charge on any atom is -0.445 e. The molecule has 0 aliphatic carbocycles. The number of nitrogens with zero attached hydrogens (tertiary/aromatic N) is 6. The largest absolute Gasteiger partial charge is 0.445 e. The quantitative estimate of drug-likeness (QED) is 0.670. The summed E-state index contributed by atoms with van der Waals surface area (Å²) in [6, 6.07) is 7.33.